The molecule has 4 nitrogen and oxygen atoms in total. The molecule has 0 spiro atoms. The van der Waals surface area contributed by atoms with E-state index in [9.17, 15) is 4.79 Å². The van der Waals surface area contributed by atoms with Crippen molar-refractivity contribution in [2.45, 2.75) is 19.0 Å². The first-order valence-electron chi connectivity index (χ1n) is 6.50. The van der Waals surface area contributed by atoms with E-state index in [2.05, 4.69) is 12.0 Å². The molecule has 1 saturated heterocycles. The number of rotatable bonds is 3. The molecule has 98 valence electrons. The molecule has 0 radical (unpaired) electrons. The third kappa shape index (κ3) is 2.27. The molecule has 1 aromatic rings. The summed E-state index contributed by atoms with van der Waals surface area (Å²) < 4.78 is 0. The number of carbonyl (C=O) groups excluding carboxylic acids is 1. The summed E-state index contributed by atoms with van der Waals surface area (Å²) in [5, 5.41) is 1.90. The Morgan fingerprint density at radius 1 is 1.32 bits per heavy atom. The summed E-state index contributed by atoms with van der Waals surface area (Å²) in [6, 6.07) is 8.07. The number of nitrogens with one attached hydrogen (secondary N) is 1. The van der Waals surface area contributed by atoms with Gasteiger partial charge in [-0.25, -0.2) is 5.43 Å². The highest BCUT2D eigenvalue weighted by molar-refractivity contribution is 5.84. The zero-order valence-electron chi connectivity index (χ0n) is 10.7. The predicted molar refractivity (Wildman–Crippen MR) is 74.5 cm³/mol. The van der Waals surface area contributed by atoms with E-state index in [4.69, 9.17) is 0 Å². The average molecular weight is 255 g/mol. The van der Waals surface area contributed by atoms with Crippen molar-refractivity contribution in [2.75, 3.05) is 6.54 Å². The number of carbonyl (C=O) groups is 1. The van der Waals surface area contributed by atoms with Gasteiger partial charge in [-0.15, -0.1) is 0 Å². The van der Waals surface area contributed by atoms with Crippen LogP contribution >= 0.6 is 0 Å². The van der Waals surface area contributed by atoms with Gasteiger partial charge in [-0.1, -0.05) is 36.9 Å². The van der Waals surface area contributed by atoms with Gasteiger partial charge in [0, 0.05) is 18.9 Å². The Bertz CT molecular complexity index is 521. The van der Waals surface area contributed by atoms with Crippen LogP contribution in [0.5, 0.6) is 0 Å². The molecule has 1 amide bonds. The van der Waals surface area contributed by atoms with Crippen molar-refractivity contribution in [2.24, 2.45) is 0 Å². The van der Waals surface area contributed by atoms with Crippen molar-refractivity contribution >= 4 is 12.0 Å². The van der Waals surface area contributed by atoms with Gasteiger partial charge in [-0.3, -0.25) is 4.79 Å². The summed E-state index contributed by atoms with van der Waals surface area (Å²) >= 11 is 0. The van der Waals surface area contributed by atoms with Gasteiger partial charge < -0.3 is 9.91 Å². The van der Waals surface area contributed by atoms with E-state index < -0.39 is 0 Å². The Hall–Kier alpha value is -2.07. The first kappa shape index (κ1) is 12.0. The summed E-state index contributed by atoms with van der Waals surface area (Å²) in [7, 11) is 0. The summed E-state index contributed by atoms with van der Waals surface area (Å²) in [5.41, 5.74) is 5.40. The molecule has 19 heavy (non-hydrogen) atoms. The van der Waals surface area contributed by atoms with Crippen LogP contribution in [-0.4, -0.2) is 28.4 Å². The standard InChI is InChI=1S/C15H17N3O/c1-2-12-3-5-13(6-4-12)11-17-9-10-18-14(15(17)19)7-8-16-18/h2-6,9-10,14,16H,1,7-8,11H2. The number of hydrogen-bond donors (Lipinski definition) is 1. The second kappa shape index (κ2) is 4.90. The van der Waals surface area contributed by atoms with Gasteiger partial charge in [0.1, 0.15) is 6.04 Å². The lowest BCUT2D eigenvalue weighted by atomic mass is 10.1. The van der Waals surface area contributed by atoms with E-state index in [0.29, 0.717) is 6.54 Å². The molecule has 4 heteroatoms. The molecule has 1 unspecified atom stereocenters. The van der Waals surface area contributed by atoms with Crippen LogP contribution in [0.3, 0.4) is 0 Å². The normalized spacial score (nSPS) is 21.7. The lowest BCUT2D eigenvalue weighted by Crippen LogP contribution is -2.47. The third-order valence-corrected chi connectivity index (χ3v) is 3.59. The Labute approximate surface area is 113 Å². The van der Waals surface area contributed by atoms with Crippen LogP contribution in [0, 0.1) is 0 Å². The Morgan fingerprint density at radius 3 is 2.84 bits per heavy atom. The maximum absolute atomic E-state index is 12.3. The Balaban J connectivity index is 1.74. The SMILES string of the molecule is C=Cc1ccc(CN2C=CN3NCCC3C2=O)cc1. The maximum Gasteiger partial charge on any atom is 0.251 e. The minimum atomic E-state index is -0.0440. The highest BCUT2D eigenvalue weighted by atomic mass is 16.2. The van der Waals surface area contributed by atoms with Gasteiger partial charge >= 0.3 is 0 Å². The molecule has 2 heterocycles. The minimum Gasteiger partial charge on any atom is -0.311 e. The molecular weight excluding hydrogens is 238 g/mol. The molecule has 1 aromatic carbocycles. The number of nitrogens with zero attached hydrogens (tertiary/aromatic N) is 2. The molecule has 3 rings (SSSR count). The van der Waals surface area contributed by atoms with Crippen LogP contribution in [0.4, 0.5) is 0 Å². The second-order valence-electron chi connectivity index (χ2n) is 4.83. The minimum absolute atomic E-state index is 0.0440. The van der Waals surface area contributed by atoms with Crippen LogP contribution in [-0.2, 0) is 11.3 Å². The zero-order valence-corrected chi connectivity index (χ0v) is 10.7. The van der Waals surface area contributed by atoms with Crippen molar-refractivity contribution in [3.8, 4) is 0 Å². The summed E-state index contributed by atoms with van der Waals surface area (Å²) in [4.78, 5) is 14.1. The van der Waals surface area contributed by atoms with Crippen LogP contribution in [0.1, 0.15) is 17.5 Å². The van der Waals surface area contributed by atoms with Crippen molar-refractivity contribution in [3.63, 3.8) is 0 Å². The molecule has 2 aliphatic heterocycles. The predicted octanol–water partition coefficient (Wildman–Crippen LogP) is 1.72. The Kier molecular flexibility index (Phi) is 3.09. The van der Waals surface area contributed by atoms with Crippen molar-refractivity contribution in [1.82, 2.24) is 15.3 Å². The second-order valence-corrected chi connectivity index (χ2v) is 4.83. The van der Waals surface area contributed by atoms with E-state index in [1.165, 1.54) is 0 Å². The largest absolute Gasteiger partial charge is 0.311 e. The van der Waals surface area contributed by atoms with Gasteiger partial charge in [0.15, 0.2) is 0 Å². The third-order valence-electron chi connectivity index (χ3n) is 3.59. The maximum atomic E-state index is 12.3. The van der Waals surface area contributed by atoms with Crippen molar-refractivity contribution in [1.29, 1.82) is 0 Å². The molecule has 0 aromatic heterocycles. The first-order chi connectivity index (χ1) is 9.28. The smallest absolute Gasteiger partial charge is 0.251 e. The van der Waals surface area contributed by atoms with Gasteiger partial charge in [0.05, 0.1) is 6.54 Å². The molecule has 0 bridgehead atoms. The number of fused-ring (bicyclic) bond motifs is 1. The number of benzene rings is 1. The van der Waals surface area contributed by atoms with Crippen LogP contribution < -0.4 is 5.43 Å². The lowest BCUT2D eigenvalue weighted by molar-refractivity contribution is -0.134. The summed E-state index contributed by atoms with van der Waals surface area (Å²) in [6.45, 7) is 5.22. The fraction of sp³-hybridized carbons (Fsp3) is 0.267. The van der Waals surface area contributed by atoms with Crippen LogP contribution in [0.25, 0.3) is 6.08 Å². The van der Waals surface area contributed by atoms with Crippen LogP contribution in [0.15, 0.2) is 43.2 Å². The lowest BCUT2D eigenvalue weighted by Gasteiger charge is -2.31. The molecule has 2 aliphatic rings. The van der Waals surface area contributed by atoms with E-state index in [1.54, 1.807) is 4.90 Å². The number of hydrogen-bond acceptors (Lipinski definition) is 3. The number of hydrazine groups is 1. The summed E-state index contributed by atoms with van der Waals surface area (Å²) in [5.74, 6) is 0.167. The summed E-state index contributed by atoms with van der Waals surface area (Å²) in [6.07, 6.45) is 6.47. The van der Waals surface area contributed by atoms with Gasteiger partial charge in [-0.2, -0.15) is 0 Å². The zero-order chi connectivity index (χ0) is 13.2. The van der Waals surface area contributed by atoms with Crippen LogP contribution in [0.2, 0.25) is 0 Å². The first-order valence-corrected chi connectivity index (χ1v) is 6.50. The Morgan fingerprint density at radius 2 is 2.11 bits per heavy atom. The highest BCUT2D eigenvalue weighted by Gasteiger charge is 2.34. The fourth-order valence-corrected chi connectivity index (χ4v) is 2.48. The fourth-order valence-electron chi connectivity index (χ4n) is 2.48. The van der Waals surface area contributed by atoms with Gasteiger partial charge in [-0.05, 0) is 17.5 Å². The van der Waals surface area contributed by atoms with E-state index in [1.807, 2.05) is 47.8 Å². The molecule has 1 atom stereocenters. The van der Waals surface area contributed by atoms with Gasteiger partial charge in [0.2, 0.25) is 0 Å². The van der Waals surface area contributed by atoms with E-state index in [0.717, 1.165) is 24.1 Å². The molecule has 1 N–H and O–H groups in total. The number of amides is 1. The topological polar surface area (TPSA) is 35.6 Å². The molecule has 1 fully saturated rings. The molecule has 0 saturated carbocycles. The average Bonchev–Trinajstić information content (AvgIpc) is 2.92. The molecule has 0 aliphatic carbocycles. The molecular formula is C15H17N3O. The van der Waals surface area contributed by atoms with Crippen molar-refractivity contribution < 1.29 is 4.79 Å². The highest BCUT2D eigenvalue weighted by Crippen LogP contribution is 2.19. The van der Waals surface area contributed by atoms with E-state index >= 15 is 0 Å². The quantitative estimate of drug-likeness (QED) is 0.893. The van der Waals surface area contributed by atoms with Crippen molar-refractivity contribution in [3.05, 3.63) is 54.4 Å². The van der Waals surface area contributed by atoms with Gasteiger partial charge in [0.25, 0.3) is 5.91 Å². The monoisotopic (exact) mass is 255 g/mol. The van der Waals surface area contributed by atoms with E-state index in [-0.39, 0.29) is 11.9 Å².